The van der Waals surface area contributed by atoms with E-state index in [1.165, 1.54) is 6.33 Å². The third kappa shape index (κ3) is 3.48. The van der Waals surface area contributed by atoms with Gasteiger partial charge in [0.05, 0.1) is 0 Å². The number of nitrogens with zero attached hydrogens (tertiary/aromatic N) is 3. The first-order valence-electron chi connectivity index (χ1n) is 7.29. The largest absolute Gasteiger partial charge is 0.337 e. The van der Waals surface area contributed by atoms with Crippen molar-refractivity contribution in [3.05, 3.63) is 41.7 Å². The molecule has 0 bridgehead atoms. The van der Waals surface area contributed by atoms with Gasteiger partial charge in [0.15, 0.2) is 5.16 Å². The molecule has 1 saturated heterocycles. The van der Waals surface area contributed by atoms with Crippen LogP contribution in [0.25, 0.3) is 0 Å². The van der Waals surface area contributed by atoms with E-state index in [1.54, 1.807) is 11.8 Å². The first kappa shape index (κ1) is 15.1. The lowest BCUT2D eigenvalue weighted by atomic mass is 10.1. The number of nitrogens with one attached hydrogen (secondary N) is 2. The highest BCUT2D eigenvalue weighted by atomic mass is 32.2. The first-order valence-corrected chi connectivity index (χ1v) is 8.27. The Labute approximate surface area is 133 Å². The van der Waals surface area contributed by atoms with E-state index in [0.29, 0.717) is 6.04 Å². The van der Waals surface area contributed by atoms with Crippen molar-refractivity contribution in [2.75, 3.05) is 20.1 Å². The molecule has 2 heterocycles. The number of aromatic amines is 1. The minimum absolute atomic E-state index is 0.0862. The Hall–Kier alpha value is -1.86. The van der Waals surface area contributed by atoms with Crippen LogP contribution in [0.4, 0.5) is 0 Å². The molecule has 0 saturated carbocycles. The monoisotopic (exact) mass is 317 g/mol. The van der Waals surface area contributed by atoms with Gasteiger partial charge in [-0.1, -0.05) is 23.9 Å². The molecule has 1 aromatic heterocycles. The number of hydrogen-bond donors (Lipinski definition) is 2. The lowest BCUT2D eigenvalue weighted by Gasteiger charge is -2.23. The number of hydrogen-bond acceptors (Lipinski definition) is 5. The fraction of sp³-hybridized carbons (Fsp3) is 0.400. The normalized spacial score (nSPS) is 17.6. The number of carbonyl (C=O) groups is 1. The Balaban J connectivity index is 1.59. The summed E-state index contributed by atoms with van der Waals surface area (Å²) in [5, 5.41) is 10.7. The molecule has 0 spiro atoms. The van der Waals surface area contributed by atoms with Crippen LogP contribution in [-0.2, 0) is 5.75 Å². The van der Waals surface area contributed by atoms with Gasteiger partial charge in [-0.25, -0.2) is 4.98 Å². The fourth-order valence-electron chi connectivity index (χ4n) is 2.50. The summed E-state index contributed by atoms with van der Waals surface area (Å²) in [6.45, 7) is 1.87. The fourth-order valence-corrected chi connectivity index (χ4v) is 3.23. The summed E-state index contributed by atoms with van der Waals surface area (Å²) in [4.78, 5) is 18.4. The van der Waals surface area contributed by atoms with E-state index >= 15 is 0 Å². The number of aromatic nitrogens is 3. The predicted octanol–water partition coefficient (Wildman–Crippen LogP) is 1.53. The molecule has 116 valence electrons. The van der Waals surface area contributed by atoms with Gasteiger partial charge in [0.1, 0.15) is 6.33 Å². The van der Waals surface area contributed by atoms with Crippen molar-refractivity contribution < 1.29 is 4.79 Å². The molecule has 6 nitrogen and oxygen atoms in total. The number of carbonyl (C=O) groups excluding carboxylic acids is 1. The minimum Gasteiger partial charge on any atom is -0.337 e. The van der Waals surface area contributed by atoms with Gasteiger partial charge in [-0.05, 0) is 30.7 Å². The molecule has 1 aliphatic rings. The molecule has 1 aliphatic heterocycles. The van der Waals surface area contributed by atoms with Gasteiger partial charge in [0.25, 0.3) is 5.91 Å². The quantitative estimate of drug-likeness (QED) is 0.818. The molecule has 1 amide bonds. The number of amides is 1. The van der Waals surface area contributed by atoms with Crippen molar-refractivity contribution in [2.45, 2.75) is 23.4 Å². The summed E-state index contributed by atoms with van der Waals surface area (Å²) < 4.78 is 0. The van der Waals surface area contributed by atoms with E-state index < -0.39 is 0 Å². The Bertz CT molecular complexity index is 607. The third-order valence-electron chi connectivity index (χ3n) is 3.87. The van der Waals surface area contributed by atoms with Crippen LogP contribution in [0.5, 0.6) is 0 Å². The molecule has 2 N–H and O–H groups in total. The lowest BCUT2D eigenvalue weighted by Crippen LogP contribution is -2.38. The number of benzene rings is 1. The second-order valence-electron chi connectivity index (χ2n) is 5.34. The van der Waals surface area contributed by atoms with Gasteiger partial charge in [0.2, 0.25) is 0 Å². The maximum absolute atomic E-state index is 12.5. The molecule has 1 aromatic carbocycles. The molecule has 1 fully saturated rings. The number of likely N-dealkylation sites (N-methyl/N-ethyl adjacent to an activating group) is 1. The Morgan fingerprint density at radius 1 is 1.41 bits per heavy atom. The van der Waals surface area contributed by atoms with Crippen LogP contribution in [0.15, 0.2) is 35.7 Å². The highest BCUT2D eigenvalue weighted by molar-refractivity contribution is 7.98. The van der Waals surface area contributed by atoms with E-state index in [1.807, 2.05) is 36.2 Å². The van der Waals surface area contributed by atoms with Crippen LogP contribution in [0.3, 0.4) is 0 Å². The van der Waals surface area contributed by atoms with Crippen molar-refractivity contribution in [3.8, 4) is 0 Å². The second kappa shape index (κ2) is 6.93. The Morgan fingerprint density at radius 2 is 2.23 bits per heavy atom. The summed E-state index contributed by atoms with van der Waals surface area (Å²) in [6.07, 6.45) is 2.52. The maximum Gasteiger partial charge on any atom is 0.253 e. The van der Waals surface area contributed by atoms with Crippen molar-refractivity contribution in [1.29, 1.82) is 0 Å². The van der Waals surface area contributed by atoms with Crippen molar-refractivity contribution >= 4 is 17.7 Å². The molecule has 0 aliphatic carbocycles. The van der Waals surface area contributed by atoms with E-state index in [9.17, 15) is 4.79 Å². The molecule has 0 radical (unpaired) electrons. The summed E-state index contributed by atoms with van der Waals surface area (Å²) in [5.41, 5.74) is 1.89. The minimum atomic E-state index is 0.0862. The average Bonchev–Trinajstić information content (AvgIpc) is 3.25. The Kier molecular flexibility index (Phi) is 4.74. The van der Waals surface area contributed by atoms with Crippen LogP contribution in [0.2, 0.25) is 0 Å². The zero-order chi connectivity index (χ0) is 15.4. The SMILES string of the molecule is CN(C(=O)c1ccc(CSc2ncn[nH]2)cc1)C1CCNC1. The third-order valence-corrected chi connectivity index (χ3v) is 4.82. The summed E-state index contributed by atoms with van der Waals surface area (Å²) in [5.74, 6) is 0.884. The molecule has 1 atom stereocenters. The highest BCUT2D eigenvalue weighted by Gasteiger charge is 2.23. The topological polar surface area (TPSA) is 73.9 Å². The summed E-state index contributed by atoms with van der Waals surface area (Å²) in [6, 6.07) is 8.10. The maximum atomic E-state index is 12.5. The van der Waals surface area contributed by atoms with E-state index in [4.69, 9.17) is 0 Å². The van der Waals surface area contributed by atoms with E-state index in [2.05, 4.69) is 20.5 Å². The molecule has 2 aromatic rings. The number of thioether (sulfide) groups is 1. The predicted molar refractivity (Wildman–Crippen MR) is 85.8 cm³/mol. The van der Waals surface area contributed by atoms with Crippen LogP contribution in [0, 0.1) is 0 Å². The molecular formula is C15H19N5OS. The highest BCUT2D eigenvalue weighted by Crippen LogP contribution is 2.19. The van der Waals surface area contributed by atoms with E-state index in [-0.39, 0.29) is 5.91 Å². The summed E-state index contributed by atoms with van der Waals surface area (Å²) >= 11 is 1.59. The second-order valence-corrected chi connectivity index (χ2v) is 6.30. The van der Waals surface area contributed by atoms with Crippen molar-refractivity contribution in [2.24, 2.45) is 0 Å². The molecule has 22 heavy (non-hydrogen) atoms. The van der Waals surface area contributed by atoms with Crippen molar-refractivity contribution in [1.82, 2.24) is 25.4 Å². The molecule has 7 heteroatoms. The van der Waals surface area contributed by atoms with Gasteiger partial charge in [-0.15, -0.1) is 0 Å². The number of H-pyrrole nitrogens is 1. The number of rotatable bonds is 5. The Morgan fingerprint density at radius 3 is 2.86 bits per heavy atom. The van der Waals surface area contributed by atoms with Crippen LogP contribution in [0.1, 0.15) is 22.3 Å². The molecular weight excluding hydrogens is 298 g/mol. The average molecular weight is 317 g/mol. The van der Waals surface area contributed by atoms with Crippen LogP contribution >= 0.6 is 11.8 Å². The van der Waals surface area contributed by atoms with Crippen LogP contribution in [-0.4, -0.2) is 52.2 Å². The first-order chi connectivity index (χ1) is 10.7. The lowest BCUT2D eigenvalue weighted by molar-refractivity contribution is 0.0744. The smallest absolute Gasteiger partial charge is 0.253 e. The standard InChI is InChI=1S/C15H19N5OS/c1-20(13-6-7-16-8-13)14(21)12-4-2-11(3-5-12)9-22-15-17-10-18-19-15/h2-5,10,13,16H,6-9H2,1H3,(H,17,18,19). The van der Waals surface area contributed by atoms with Gasteiger partial charge in [-0.3, -0.25) is 9.89 Å². The van der Waals surface area contributed by atoms with Gasteiger partial charge in [0, 0.05) is 31.0 Å². The van der Waals surface area contributed by atoms with Crippen LogP contribution < -0.4 is 5.32 Å². The van der Waals surface area contributed by atoms with Gasteiger partial charge < -0.3 is 10.2 Å². The molecule has 1 unspecified atom stereocenters. The summed E-state index contributed by atoms with van der Waals surface area (Å²) in [7, 11) is 1.88. The zero-order valence-electron chi connectivity index (χ0n) is 12.5. The van der Waals surface area contributed by atoms with Gasteiger partial charge in [-0.2, -0.15) is 5.10 Å². The van der Waals surface area contributed by atoms with E-state index in [0.717, 1.165) is 41.5 Å². The zero-order valence-corrected chi connectivity index (χ0v) is 13.3. The van der Waals surface area contributed by atoms with Crippen molar-refractivity contribution in [3.63, 3.8) is 0 Å². The van der Waals surface area contributed by atoms with Gasteiger partial charge >= 0.3 is 0 Å². The molecule has 3 rings (SSSR count).